The number of esters is 1. The van der Waals surface area contributed by atoms with E-state index in [0.29, 0.717) is 18.1 Å². The van der Waals surface area contributed by atoms with E-state index >= 15 is 0 Å². The smallest absolute Gasteiger partial charge is 0.310 e. The first kappa shape index (κ1) is 20.3. The summed E-state index contributed by atoms with van der Waals surface area (Å²) in [4.78, 5) is 11.6. The summed E-state index contributed by atoms with van der Waals surface area (Å²) in [7, 11) is 0. The zero-order valence-electron chi connectivity index (χ0n) is 16.5. The summed E-state index contributed by atoms with van der Waals surface area (Å²) >= 11 is 3.59. The van der Waals surface area contributed by atoms with Crippen molar-refractivity contribution in [3.8, 4) is 11.5 Å². The van der Waals surface area contributed by atoms with E-state index in [4.69, 9.17) is 9.47 Å². The molecule has 0 unspecified atom stereocenters. The van der Waals surface area contributed by atoms with E-state index in [0.717, 1.165) is 27.6 Å². The second kappa shape index (κ2) is 8.31. The number of fused-ring (bicyclic) bond motifs is 1. The highest BCUT2D eigenvalue weighted by molar-refractivity contribution is 9.10. The molecule has 0 aliphatic heterocycles. The molecule has 0 N–H and O–H groups in total. The van der Waals surface area contributed by atoms with Gasteiger partial charge in [-0.15, -0.1) is 5.10 Å². The minimum Gasteiger partial charge on any atom is -0.466 e. The van der Waals surface area contributed by atoms with Crippen molar-refractivity contribution in [2.75, 3.05) is 6.61 Å². The van der Waals surface area contributed by atoms with E-state index in [1.807, 2.05) is 41.1 Å². The minimum absolute atomic E-state index is 0.105. The molecule has 0 saturated heterocycles. The third-order valence-electron chi connectivity index (χ3n) is 4.02. The molecule has 3 aromatic rings. The third kappa shape index (κ3) is 4.90. The lowest BCUT2D eigenvalue weighted by molar-refractivity contribution is -0.142. The van der Waals surface area contributed by atoms with Gasteiger partial charge in [0.25, 0.3) is 0 Å². The number of hydrogen-bond acceptors (Lipinski definition) is 5. The second-order valence-electron chi connectivity index (χ2n) is 7.78. The number of halogens is 1. The molecular formula is C21H24BrN3O3. The second-order valence-corrected chi connectivity index (χ2v) is 8.57. The molecule has 28 heavy (non-hydrogen) atoms. The van der Waals surface area contributed by atoms with Crippen molar-refractivity contribution in [2.45, 2.75) is 40.7 Å². The van der Waals surface area contributed by atoms with Gasteiger partial charge in [0.1, 0.15) is 17.0 Å². The molecule has 0 atom stereocenters. The van der Waals surface area contributed by atoms with Gasteiger partial charge in [0.15, 0.2) is 0 Å². The van der Waals surface area contributed by atoms with E-state index in [1.165, 1.54) is 0 Å². The molecule has 2 aromatic carbocycles. The summed E-state index contributed by atoms with van der Waals surface area (Å²) in [5.41, 5.74) is 2.71. The Labute approximate surface area is 173 Å². The van der Waals surface area contributed by atoms with E-state index in [1.54, 1.807) is 6.92 Å². The monoisotopic (exact) mass is 445 g/mol. The fraction of sp³-hybridized carbons (Fsp3) is 0.381. The lowest BCUT2D eigenvalue weighted by atomic mass is 9.97. The summed E-state index contributed by atoms with van der Waals surface area (Å²) in [5, 5.41) is 8.58. The van der Waals surface area contributed by atoms with Crippen molar-refractivity contribution >= 4 is 32.9 Å². The molecule has 0 aliphatic rings. The molecule has 3 rings (SSSR count). The molecule has 1 aromatic heterocycles. The summed E-state index contributed by atoms with van der Waals surface area (Å²) in [5.74, 6) is 1.10. The maximum absolute atomic E-state index is 11.6. The van der Waals surface area contributed by atoms with Crippen LogP contribution in [0.2, 0.25) is 0 Å². The predicted molar refractivity (Wildman–Crippen MR) is 112 cm³/mol. The Morgan fingerprint density at radius 1 is 1.14 bits per heavy atom. The van der Waals surface area contributed by atoms with E-state index in [9.17, 15) is 4.79 Å². The van der Waals surface area contributed by atoms with E-state index < -0.39 is 0 Å². The quantitative estimate of drug-likeness (QED) is 0.491. The fourth-order valence-corrected chi connectivity index (χ4v) is 3.31. The van der Waals surface area contributed by atoms with Crippen LogP contribution in [0.25, 0.3) is 11.0 Å². The van der Waals surface area contributed by atoms with Crippen molar-refractivity contribution < 1.29 is 14.3 Å². The van der Waals surface area contributed by atoms with Crippen molar-refractivity contribution in [3.63, 3.8) is 0 Å². The van der Waals surface area contributed by atoms with Crippen molar-refractivity contribution in [1.82, 2.24) is 15.0 Å². The average Bonchev–Trinajstić information content (AvgIpc) is 3.01. The molecule has 0 amide bonds. The van der Waals surface area contributed by atoms with Gasteiger partial charge in [-0.25, -0.2) is 4.68 Å². The molecule has 0 aliphatic carbocycles. The standard InChI is InChI=1S/C21H24BrN3O3/c1-5-27-18(26)12-14-6-8-15(9-7-14)28-17-11-10-16-20(19(17)22)23-24-25(16)13-21(2,3)4/h6-11H,5,12-13H2,1-4H3. The van der Waals surface area contributed by atoms with Crippen LogP contribution in [-0.4, -0.2) is 27.6 Å². The lowest BCUT2D eigenvalue weighted by Gasteiger charge is -2.18. The number of nitrogens with zero attached hydrogens (tertiary/aromatic N) is 3. The molecule has 7 heteroatoms. The highest BCUT2D eigenvalue weighted by Gasteiger charge is 2.17. The largest absolute Gasteiger partial charge is 0.466 e. The first-order valence-corrected chi connectivity index (χ1v) is 10.0. The van der Waals surface area contributed by atoms with E-state index in [-0.39, 0.29) is 17.8 Å². The maximum atomic E-state index is 11.6. The number of aromatic nitrogens is 3. The molecule has 0 saturated carbocycles. The minimum atomic E-state index is -0.234. The molecule has 0 bridgehead atoms. The normalized spacial score (nSPS) is 11.6. The average molecular weight is 446 g/mol. The van der Waals surface area contributed by atoms with Gasteiger partial charge in [-0.1, -0.05) is 38.1 Å². The summed E-state index contributed by atoms with van der Waals surface area (Å²) in [6.45, 7) is 9.45. The number of benzene rings is 2. The fourth-order valence-electron chi connectivity index (χ4n) is 2.81. The molecule has 0 fully saturated rings. The van der Waals surface area contributed by atoms with Gasteiger partial charge in [0.2, 0.25) is 0 Å². The topological polar surface area (TPSA) is 66.2 Å². The Kier molecular flexibility index (Phi) is 6.03. The molecule has 6 nitrogen and oxygen atoms in total. The molecule has 148 valence electrons. The zero-order chi connectivity index (χ0) is 20.3. The Hall–Kier alpha value is -2.41. The number of ether oxygens (including phenoxy) is 2. The van der Waals surface area contributed by atoms with Gasteiger partial charge in [0, 0.05) is 6.54 Å². The Balaban J connectivity index is 1.77. The molecule has 1 heterocycles. The van der Waals surface area contributed by atoms with Crippen LogP contribution in [0.15, 0.2) is 40.9 Å². The molecule has 0 radical (unpaired) electrons. The van der Waals surface area contributed by atoms with Gasteiger partial charge in [-0.3, -0.25) is 4.79 Å². The number of hydrogen-bond donors (Lipinski definition) is 0. The van der Waals surface area contributed by atoms with Crippen molar-refractivity contribution in [2.24, 2.45) is 5.41 Å². The SMILES string of the molecule is CCOC(=O)Cc1ccc(Oc2ccc3c(nnn3CC(C)(C)C)c2Br)cc1. The third-order valence-corrected chi connectivity index (χ3v) is 4.79. The van der Waals surface area contributed by atoms with Crippen LogP contribution < -0.4 is 4.74 Å². The maximum Gasteiger partial charge on any atom is 0.310 e. The Bertz CT molecular complexity index is 975. The van der Waals surface area contributed by atoms with Crippen LogP contribution in [0.3, 0.4) is 0 Å². The number of carbonyl (C=O) groups excluding carboxylic acids is 1. The van der Waals surface area contributed by atoms with Gasteiger partial charge in [-0.05, 0) is 58.1 Å². The van der Waals surface area contributed by atoms with E-state index in [2.05, 4.69) is 47.0 Å². The first-order chi connectivity index (χ1) is 13.3. The van der Waals surface area contributed by atoms with Crippen LogP contribution in [-0.2, 0) is 22.5 Å². The van der Waals surface area contributed by atoms with Crippen LogP contribution in [0, 0.1) is 5.41 Å². The van der Waals surface area contributed by atoms with Gasteiger partial charge in [-0.2, -0.15) is 0 Å². The first-order valence-electron chi connectivity index (χ1n) is 9.21. The summed E-state index contributed by atoms with van der Waals surface area (Å²) in [6, 6.07) is 11.3. The Morgan fingerprint density at radius 3 is 2.50 bits per heavy atom. The van der Waals surface area contributed by atoms with Gasteiger partial charge < -0.3 is 9.47 Å². The summed E-state index contributed by atoms with van der Waals surface area (Å²) in [6.07, 6.45) is 0.251. The molecule has 0 spiro atoms. The Morgan fingerprint density at radius 2 is 1.86 bits per heavy atom. The summed E-state index contributed by atoms with van der Waals surface area (Å²) < 4.78 is 13.6. The number of carbonyl (C=O) groups is 1. The van der Waals surface area contributed by atoms with Crippen molar-refractivity contribution in [1.29, 1.82) is 0 Å². The van der Waals surface area contributed by atoms with Crippen LogP contribution in [0.5, 0.6) is 11.5 Å². The lowest BCUT2D eigenvalue weighted by Crippen LogP contribution is -2.16. The number of rotatable bonds is 6. The van der Waals surface area contributed by atoms with Crippen LogP contribution in [0.1, 0.15) is 33.3 Å². The van der Waals surface area contributed by atoms with Crippen LogP contribution >= 0.6 is 15.9 Å². The van der Waals surface area contributed by atoms with Crippen molar-refractivity contribution in [3.05, 3.63) is 46.4 Å². The highest BCUT2D eigenvalue weighted by Crippen LogP contribution is 2.35. The predicted octanol–water partition coefficient (Wildman–Crippen LogP) is 5.14. The highest BCUT2D eigenvalue weighted by atomic mass is 79.9. The zero-order valence-corrected chi connectivity index (χ0v) is 18.1. The van der Waals surface area contributed by atoms with Gasteiger partial charge in [0.05, 0.1) is 23.0 Å². The van der Waals surface area contributed by atoms with Crippen LogP contribution in [0.4, 0.5) is 0 Å². The molecular weight excluding hydrogens is 422 g/mol. The van der Waals surface area contributed by atoms with Gasteiger partial charge >= 0.3 is 5.97 Å².